The summed E-state index contributed by atoms with van der Waals surface area (Å²) in [5.74, 6) is 0.616. The topological polar surface area (TPSA) is 55.9 Å². The Morgan fingerprint density at radius 1 is 1.57 bits per heavy atom. The van der Waals surface area contributed by atoms with Crippen molar-refractivity contribution in [2.75, 3.05) is 0 Å². The second-order valence-electron chi connectivity index (χ2n) is 4.49. The maximum atomic E-state index is 9.63. The van der Waals surface area contributed by atoms with E-state index in [1.54, 1.807) is 25.1 Å². The van der Waals surface area contributed by atoms with Gasteiger partial charge in [-0.2, -0.15) is 0 Å². The molecular weight excluding hydrogens is 290 g/mol. The quantitative estimate of drug-likeness (QED) is 0.684. The molecule has 1 aliphatic rings. The molecule has 5 nitrogen and oxygen atoms in total. The third-order valence-electron chi connectivity index (χ3n) is 3.09. The first kappa shape index (κ1) is 12.7. The van der Waals surface area contributed by atoms with Crippen molar-refractivity contribution in [3.05, 3.63) is 52.0 Å². The molecule has 1 unspecified atom stereocenters. The van der Waals surface area contributed by atoms with Gasteiger partial charge in [-0.25, -0.2) is 9.83 Å². The van der Waals surface area contributed by atoms with E-state index in [2.05, 4.69) is 9.83 Å². The van der Waals surface area contributed by atoms with Crippen LogP contribution in [0.15, 0.2) is 24.3 Å². The van der Waals surface area contributed by atoms with Gasteiger partial charge in [-0.15, -0.1) is 0 Å². The van der Waals surface area contributed by atoms with E-state index >= 15 is 0 Å². The Morgan fingerprint density at radius 3 is 3.14 bits per heavy atom. The first-order valence-corrected chi connectivity index (χ1v) is 6.49. The van der Waals surface area contributed by atoms with Crippen molar-refractivity contribution in [1.82, 2.24) is 4.98 Å². The van der Waals surface area contributed by atoms with Gasteiger partial charge in [0.25, 0.3) is 0 Å². The highest BCUT2D eigenvalue weighted by Crippen LogP contribution is 2.32. The number of fused-ring (bicyclic) bond motifs is 1. The standard InChI is InChI=1S/C14H10BClN2O3/c1-8-13(17-2)6-12(16)14(18-8)21-10-3-4-11-9(5-10)7-20-15(11)19/h3-6,19H,7H2,1H3/i7D. The summed E-state index contributed by atoms with van der Waals surface area (Å²) in [6, 6.07) is 6.39. The van der Waals surface area contributed by atoms with Crippen LogP contribution in [0.2, 0.25) is 5.02 Å². The van der Waals surface area contributed by atoms with E-state index in [9.17, 15) is 5.02 Å². The number of nitrogens with zero attached hydrogens (tertiary/aromatic N) is 2. The zero-order chi connectivity index (χ0) is 15.9. The van der Waals surface area contributed by atoms with Crippen LogP contribution in [0.3, 0.4) is 0 Å². The molecule has 1 aromatic heterocycles. The van der Waals surface area contributed by atoms with Crippen LogP contribution in [-0.2, 0) is 11.2 Å². The Hall–Kier alpha value is -2.07. The average molecular weight is 302 g/mol. The first-order valence-electron chi connectivity index (χ1n) is 6.69. The van der Waals surface area contributed by atoms with Crippen LogP contribution in [0.25, 0.3) is 4.85 Å². The minimum atomic E-state index is -1.09. The number of rotatable bonds is 2. The minimum absolute atomic E-state index is 0.188. The molecule has 0 saturated heterocycles. The largest absolute Gasteiger partial charge is 0.491 e. The van der Waals surface area contributed by atoms with Gasteiger partial charge < -0.3 is 14.4 Å². The van der Waals surface area contributed by atoms with E-state index in [4.69, 9.17) is 28.9 Å². The molecule has 0 amide bonds. The summed E-state index contributed by atoms with van der Waals surface area (Å²) < 4.78 is 18.4. The van der Waals surface area contributed by atoms with Gasteiger partial charge in [-0.3, -0.25) is 0 Å². The molecule has 21 heavy (non-hydrogen) atoms. The van der Waals surface area contributed by atoms with Gasteiger partial charge in [-0.1, -0.05) is 17.7 Å². The van der Waals surface area contributed by atoms with Crippen molar-refractivity contribution < 1.29 is 15.8 Å². The zero-order valence-electron chi connectivity index (χ0n) is 12.0. The van der Waals surface area contributed by atoms with Gasteiger partial charge in [0.15, 0.2) is 0 Å². The maximum Gasteiger partial charge on any atom is 0.491 e. The van der Waals surface area contributed by atoms with Gasteiger partial charge in [0.05, 0.1) is 19.5 Å². The summed E-state index contributed by atoms with van der Waals surface area (Å²) in [5.41, 5.74) is 1.98. The molecule has 0 radical (unpaired) electrons. The number of hydrogen-bond acceptors (Lipinski definition) is 4. The van der Waals surface area contributed by atoms with E-state index in [0.717, 1.165) is 0 Å². The van der Waals surface area contributed by atoms with Crippen LogP contribution in [-0.4, -0.2) is 17.1 Å². The smallest absolute Gasteiger partial charge is 0.438 e. The number of aromatic nitrogens is 1. The lowest BCUT2D eigenvalue weighted by molar-refractivity contribution is 0.275. The highest BCUT2D eigenvalue weighted by molar-refractivity contribution is 6.61. The normalized spacial score (nSPS) is 17.1. The molecule has 2 heterocycles. The lowest BCUT2D eigenvalue weighted by atomic mass is 9.80. The molecular formula is C14H10BClN2O3. The van der Waals surface area contributed by atoms with E-state index < -0.39 is 13.7 Å². The molecule has 1 aromatic carbocycles. The molecule has 0 bridgehead atoms. The molecule has 7 heteroatoms. The summed E-state index contributed by atoms with van der Waals surface area (Å²) >= 11 is 6.07. The Labute approximate surface area is 128 Å². The molecule has 1 atom stereocenters. The average Bonchev–Trinajstić information content (AvgIpc) is 2.77. The molecule has 3 rings (SSSR count). The SMILES string of the molecule is [2H]C1OB(O)c2ccc(Oc3nc(C)c([N+]#[C-])cc3Cl)cc21. The number of halogens is 1. The number of ether oxygens (including phenoxy) is 1. The van der Waals surface area contributed by atoms with E-state index in [0.29, 0.717) is 28.2 Å². The van der Waals surface area contributed by atoms with Gasteiger partial charge in [0.1, 0.15) is 5.75 Å². The second-order valence-corrected chi connectivity index (χ2v) is 4.90. The van der Waals surface area contributed by atoms with Gasteiger partial charge in [-0.05, 0) is 36.1 Å². The molecule has 2 aromatic rings. The number of aryl methyl sites for hydroxylation is 1. The van der Waals surface area contributed by atoms with E-state index in [-0.39, 0.29) is 10.9 Å². The third kappa shape index (κ3) is 2.59. The number of hydrogen-bond donors (Lipinski definition) is 1. The van der Waals surface area contributed by atoms with Crippen LogP contribution < -0.4 is 10.2 Å². The van der Waals surface area contributed by atoms with Crippen LogP contribution in [0.1, 0.15) is 12.6 Å². The van der Waals surface area contributed by atoms with E-state index in [1.807, 2.05) is 0 Å². The lowest BCUT2D eigenvalue weighted by Gasteiger charge is -2.09. The van der Waals surface area contributed by atoms with Crippen LogP contribution in [0.5, 0.6) is 11.6 Å². The fourth-order valence-electron chi connectivity index (χ4n) is 2.00. The summed E-state index contributed by atoms with van der Waals surface area (Å²) in [4.78, 5) is 7.49. The Bertz CT molecular complexity index is 796. The summed E-state index contributed by atoms with van der Waals surface area (Å²) in [6.45, 7) is 7.77. The zero-order valence-corrected chi connectivity index (χ0v) is 11.8. The Kier molecular flexibility index (Phi) is 3.24. The Morgan fingerprint density at radius 2 is 2.38 bits per heavy atom. The molecule has 0 spiro atoms. The van der Waals surface area contributed by atoms with Crippen LogP contribution >= 0.6 is 11.6 Å². The van der Waals surface area contributed by atoms with Crippen molar-refractivity contribution in [3.63, 3.8) is 0 Å². The molecule has 1 aliphatic heterocycles. The van der Waals surface area contributed by atoms with Crippen molar-refractivity contribution >= 4 is 29.9 Å². The second kappa shape index (κ2) is 5.37. The molecule has 0 saturated carbocycles. The minimum Gasteiger partial charge on any atom is -0.438 e. The predicted molar refractivity (Wildman–Crippen MR) is 79.2 cm³/mol. The summed E-state index contributed by atoms with van der Waals surface area (Å²) in [6.07, 6.45) is 0. The van der Waals surface area contributed by atoms with Crippen molar-refractivity contribution in [2.24, 2.45) is 0 Å². The summed E-state index contributed by atoms with van der Waals surface area (Å²) in [7, 11) is -1.09. The summed E-state index contributed by atoms with van der Waals surface area (Å²) in [5, 5.41) is 9.86. The highest BCUT2D eigenvalue weighted by Gasteiger charge is 2.27. The lowest BCUT2D eigenvalue weighted by Crippen LogP contribution is -2.27. The van der Waals surface area contributed by atoms with Crippen molar-refractivity contribution in [2.45, 2.75) is 13.5 Å². The number of benzene rings is 1. The van der Waals surface area contributed by atoms with E-state index in [1.165, 1.54) is 6.07 Å². The first-order chi connectivity index (χ1) is 10.5. The molecule has 104 valence electrons. The fraction of sp³-hybridized carbons (Fsp3) is 0.143. The predicted octanol–water partition coefficient (Wildman–Crippen LogP) is 2.60. The Balaban J connectivity index is 1.94. The number of pyridine rings is 1. The third-order valence-corrected chi connectivity index (χ3v) is 3.36. The fourth-order valence-corrected chi connectivity index (χ4v) is 2.18. The molecule has 1 N–H and O–H groups in total. The van der Waals surface area contributed by atoms with Gasteiger partial charge >= 0.3 is 7.12 Å². The van der Waals surface area contributed by atoms with Crippen molar-refractivity contribution in [1.29, 1.82) is 0 Å². The highest BCUT2D eigenvalue weighted by atomic mass is 35.5. The molecule has 0 aliphatic carbocycles. The molecule has 0 fully saturated rings. The maximum absolute atomic E-state index is 9.63. The van der Waals surface area contributed by atoms with Crippen molar-refractivity contribution in [3.8, 4) is 11.6 Å². The monoisotopic (exact) mass is 301 g/mol. The van der Waals surface area contributed by atoms with Gasteiger partial charge in [0, 0.05) is 5.69 Å². The van der Waals surface area contributed by atoms with Crippen LogP contribution in [0, 0.1) is 13.5 Å². The van der Waals surface area contributed by atoms with Gasteiger partial charge in [0.2, 0.25) is 11.6 Å². The van der Waals surface area contributed by atoms with Crippen LogP contribution in [0.4, 0.5) is 5.69 Å².